The molecule has 0 bridgehead atoms. The molecule has 3 aromatic rings. The lowest BCUT2D eigenvalue weighted by atomic mass is 9.89. The zero-order chi connectivity index (χ0) is 20.7. The van der Waals surface area contributed by atoms with Crippen molar-refractivity contribution in [2.24, 2.45) is 0 Å². The fourth-order valence-corrected chi connectivity index (χ4v) is 3.95. The van der Waals surface area contributed by atoms with Crippen molar-refractivity contribution in [3.05, 3.63) is 68.6 Å². The molecular weight excluding hydrogens is 380 g/mol. The second kappa shape index (κ2) is 7.27. The van der Waals surface area contributed by atoms with Crippen LogP contribution < -0.4 is 11.3 Å². The highest BCUT2D eigenvalue weighted by molar-refractivity contribution is 6.07. The molecule has 8 heteroatoms. The molecule has 0 aliphatic heterocycles. The van der Waals surface area contributed by atoms with Crippen LogP contribution in [0.3, 0.4) is 0 Å². The highest BCUT2D eigenvalue weighted by Crippen LogP contribution is 2.32. The van der Waals surface area contributed by atoms with E-state index in [2.05, 4.69) is 4.98 Å². The number of hydrogen-bond acceptors (Lipinski definition) is 5. The summed E-state index contributed by atoms with van der Waals surface area (Å²) in [5.74, 6) is -2.09. The monoisotopic (exact) mass is 399 g/mol. The number of nitrogens with zero attached hydrogens (tertiary/aromatic N) is 2. The molecule has 0 radical (unpaired) electrons. The third-order valence-electron chi connectivity index (χ3n) is 5.44. The fraction of sp³-hybridized carbons (Fsp3) is 0.286. The van der Waals surface area contributed by atoms with Crippen LogP contribution in [0.4, 0.5) is 14.5 Å². The van der Waals surface area contributed by atoms with Crippen molar-refractivity contribution in [3.63, 3.8) is 0 Å². The first kappa shape index (κ1) is 19.0. The van der Waals surface area contributed by atoms with Crippen LogP contribution in [0.25, 0.3) is 11.0 Å². The van der Waals surface area contributed by atoms with Crippen LogP contribution in [-0.4, -0.2) is 20.7 Å². The minimum atomic E-state index is -0.956. The Balaban J connectivity index is 1.76. The number of Topliss-reactive ketones (excluding diaryl/α,β-unsaturated/α-hetero) is 1. The minimum Gasteiger partial charge on any atom is -0.423 e. The minimum absolute atomic E-state index is 0.00821. The van der Waals surface area contributed by atoms with Crippen molar-refractivity contribution < 1.29 is 18.8 Å². The molecule has 4 rings (SSSR count). The number of ketones is 1. The number of benzene rings is 1. The maximum atomic E-state index is 13.8. The van der Waals surface area contributed by atoms with Crippen molar-refractivity contribution in [2.45, 2.75) is 38.5 Å². The van der Waals surface area contributed by atoms with Gasteiger partial charge in [-0.15, -0.1) is 4.73 Å². The Hall–Kier alpha value is -3.29. The lowest BCUT2D eigenvalue weighted by Gasteiger charge is -2.20. The Morgan fingerprint density at radius 3 is 2.76 bits per heavy atom. The van der Waals surface area contributed by atoms with Crippen molar-refractivity contribution >= 4 is 22.5 Å². The van der Waals surface area contributed by atoms with Gasteiger partial charge < -0.3 is 10.9 Å². The summed E-state index contributed by atoms with van der Waals surface area (Å²) in [7, 11) is 0. The fourth-order valence-electron chi connectivity index (χ4n) is 3.95. The summed E-state index contributed by atoms with van der Waals surface area (Å²) in [5, 5.41) is 10.7. The van der Waals surface area contributed by atoms with Gasteiger partial charge in [-0.3, -0.25) is 9.59 Å². The molecule has 0 spiro atoms. The molecule has 0 saturated carbocycles. The smallest absolute Gasteiger partial charge is 0.297 e. The van der Waals surface area contributed by atoms with Gasteiger partial charge in [0.15, 0.2) is 11.4 Å². The summed E-state index contributed by atoms with van der Waals surface area (Å²) in [6.45, 7) is 0. The SMILES string of the molecule is Nc1c(C(=O)CCc2ccc(F)cc2F)c(=O)n(O)c2ncc3c(c12)CCCC3. The number of carbonyl (C=O) groups excluding carboxylic acids is 1. The molecule has 0 amide bonds. The van der Waals surface area contributed by atoms with Crippen molar-refractivity contribution in [3.8, 4) is 0 Å². The number of anilines is 1. The van der Waals surface area contributed by atoms with Gasteiger partial charge in [-0.2, -0.15) is 0 Å². The summed E-state index contributed by atoms with van der Waals surface area (Å²) < 4.78 is 27.2. The van der Waals surface area contributed by atoms with Crippen LogP contribution in [0.1, 0.15) is 46.3 Å². The molecule has 29 heavy (non-hydrogen) atoms. The predicted octanol–water partition coefficient (Wildman–Crippen LogP) is 3.19. The standard InChI is InChI=1S/C21H19F2N3O3/c22-13-7-5-11(15(23)9-13)6-8-16(27)18-19(24)17-14-4-2-1-3-12(14)10-25-20(17)26(29)21(18)28/h5,7,9-10,29H,1-4,6,8,24H2. The largest absolute Gasteiger partial charge is 0.423 e. The highest BCUT2D eigenvalue weighted by Gasteiger charge is 2.25. The number of hydrogen-bond donors (Lipinski definition) is 2. The number of halogens is 2. The third kappa shape index (κ3) is 3.24. The van der Waals surface area contributed by atoms with Gasteiger partial charge in [0.1, 0.15) is 17.2 Å². The van der Waals surface area contributed by atoms with E-state index in [9.17, 15) is 23.6 Å². The second-order valence-electron chi connectivity index (χ2n) is 7.23. The summed E-state index contributed by atoms with van der Waals surface area (Å²) in [5.41, 5.74) is 6.98. The van der Waals surface area contributed by atoms with E-state index >= 15 is 0 Å². The van der Waals surface area contributed by atoms with Gasteiger partial charge in [0.25, 0.3) is 5.56 Å². The van der Waals surface area contributed by atoms with E-state index in [0.717, 1.165) is 42.5 Å². The zero-order valence-electron chi connectivity index (χ0n) is 15.5. The quantitative estimate of drug-likeness (QED) is 0.519. The number of aryl methyl sites for hydroxylation is 3. The Morgan fingerprint density at radius 2 is 2.00 bits per heavy atom. The van der Waals surface area contributed by atoms with E-state index in [0.29, 0.717) is 16.5 Å². The van der Waals surface area contributed by atoms with Gasteiger partial charge in [-0.1, -0.05) is 6.07 Å². The molecule has 1 aliphatic carbocycles. The van der Waals surface area contributed by atoms with Crippen LogP contribution in [0.15, 0.2) is 29.2 Å². The van der Waals surface area contributed by atoms with Gasteiger partial charge in [-0.05, 0) is 54.9 Å². The molecule has 0 fully saturated rings. The Kier molecular flexibility index (Phi) is 4.77. The lowest BCUT2D eigenvalue weighted by molar-refractivity contribution is 0.0976. The molecule has 0 saturated heterocycles. The maximum Gasteiger partial charge on any atom is 0.297 e. The van der Waals surface area contributed by atoms with E-state index in [1.54, 1.807) is 6.20 Å². The maximum absolute atomic E-state index is 13.8. The first-order valence-corrected chi connectivity index (χ1v) is 9.39. The highest BCUT2D eigenvalue weighted by atomic mass is 19.1. The number of pyridine rings is 2. The van der Waals surface area contributed by atoms with E-state index in [1.807, 2.05) is 0 Å². The van der Waals surface area contributed by atoms with Gasteiger partial charge >= 0.3 is 0 Å². The van der Waals surface area contributed by atoms with Crippen LogP contribution in [0, 0.1) is 11.6 Å². The number of nitrogen functional groups attached to an aromatic ring is 1. The van der Waals surface area contributed by atoms with E-state index in [-0.39, 0.29) is 35.3 Å². The van der Waals surface area contributed by atoms with Crippen molar-refractivity contribution in [1.82, 2.24) is 9.71 Å². The number of nitrogens with two attached hydrogens (primary N) is 1. The average molecular weight is 399 g/mol. The molecule has 2 heterocycles. The summed E-state index contributed by atoms with van der Waals surface area (Å²) in [4.78, 5) is 29.5. The van der Waals surface area contributed by atoms with Gasteiger partial charge in [0.05, 0.1) is 5.69 Å². The van der Waals surface area contributed by atoms with Crippen molar-refractivity contribution in [1.29, 1.82) is 0 Å². The van der Waals surface area contributed by atoms with E-state index in [4.69, 9.17) is 5.73 Å². The topological polar surface area (TPSA) is 98.2 Å². The number of fused-ring (bicyclic) bond motifs is 3. The van der Waals surface area contributed by atoms with Gasteiger partial charge in [0.2, 0.25) is 0 Å². The number of carbonyl (C=O) groups is 1. The Morgan fingerprint density at radius 1 is 1.24 bits per heavy atom. The summed E-state index contributed by atoms with van der Waals surface area (Å²) in [6.07, 6.45) is 4.85. The molecule has 2 aromatic heterocycles. The van der Waals surface area contributed by atoms with Crippen LogP contribution in [-0.2, 0) is 19.3 Å². The molecule has 0 atom stereocenters. The summed E-state index contributed by atoms with van der Waals surface area (Å²) in [6, 6.07) is 3.10. The normalized spacial score (nSPS) is 13.4. The Labute approximate surface area is 164 Å². The predicted molar refractivity (Wildman–Crippen MR) is 103 cm³/mol. The summed E-state index contributed by atoms with van der Waals surface area (Å²) >= 11 is 0. The molecule has 0 unspecified atom stereocenters. The van der Waals surface area contributed by atoms with Crippen molar-refractivity contribution in [2.75, 3.05) is 5.73 Å². The van der Waals surface area contributed by atoms with Crippen LogP contribution in [0.2, 0.25) is 0 Å². The number of rotatable bonds is 4. The molecule has 1 aromatic carbocycles. The molecule has 150 valence electrons. The molecular formula is C21H19F2N3O3. The molecule has 6 nitrogen and oxygen atoms in total. The molecule has 1 aliphatic rings. The first-order chi connectivity index (χ1) is 13.9. The van der Waals surface area contributed by atoms with E-state index in [1.165, 1.54) is 6.07 Å². The second-order valence-corrected chi connectivity index (χ2v) is 7.23. The lowest BCUT2D eigenvalue weighted by Crippen LogP contribution is -2.28. The van der Waals surface area contributed by atoms with Crippen LogP contribution >= 0.6 is 0 Å². The number of aromatic nitrogens is 2. The van der Waals surface area contributed by atoms with Gasteiger partial charge in [0, 0.05) is 24.1 Å². The van der Waals surface area contributed by atoms with Gasteiger partial charge in [-0.25, -0.2) is 13.8 Å². The molecule has 3 N–H and O–H groups in total. The Bertz CT molecular complexity index is 1200. The van der Waals surface area contributed by atoms with Crippen LogP contribution in [0.5, 0.6) is 0 Å². The zero-order valence-corrected chi connectivity index (χ0v) is 15.5. The van der Waals surface area contributed by atoms with E-state index < -0.39 is 23.0 Å². The average Bonchev–Trinajstić information content (AvgIpc) is 2.70. The third-order valence-corrected chi connectivity index (χ3v) is 5.44. The first-order valence-electron chi connectivity index (χ1n) is 9.39.